The van der Waals surface area contributed by atoms with Crippen molar-refractivity contribution >= 4 is 27.6 Å². The monoisotopic (exact) mass is 489 g/mol. The van der Waals surface area contributed by atoms with E-state index >= 15 is 0 Å². The molecule has 1 amide bonds. The van der Waals surface area contributed by atoms with Gasteiger partial charge < -0.3 is 16.0 Å². The van der Waals surface area contributed by atoms with E-state index < -0.39 is 32.5 Å². The van der Waals surface area contributed by atoms with Gasteiger partial charge in [-0.2, -0.15) is 4.31 Å². The van der Waals surface area contributed by atoms with Crippen LogP contribution in [0.15, 0.2) is 47.6 Å². The summed E-state index contributed by atoms with van der Waals surface area (Å²) in [5.74, 6) is -2.93. The van der Waals surface area contributed by atoms with Gasteiger partial charge in [-0.3, -0.25) is 4.79 Å². The van der Waals surface area contributed by atoms with Gasteiger partial charge in [-0.15, -0.1) is 0 Å². The number of hydrogen-bond donors (Lipinski definition) is 2. The summed E-state index contributed by atoms with van der Waals surface area (Å²) in [5, 5.41) is 2.48. The zero-order valence-electron chi connectivity index (χ0n) is 18.1. The molecule has 1 saturated heterocycles. The minimum Gasteiger partial charge on any atom is -0.382 e. The Labute approximate surface area is 194 Å². The maximum Gasteiger partial charge on any atom is 0.279 e. The molecule has 1 aliphatic heterocycles. The zero-order valence-corrected chi connectivity index (χ0v) is 18.9. The van der Waals surface area contributed by atoms with E-state index in [0.29, 0.717) is 19.2 Å². The van der Waals surface area contributed by atoms with Crippen molar-refractivity contribution in [2.45, 2.75) is 4.90 Å². The first-order valence-corrected chi connectivity index (χ1v) is 11.6. The number of hydrogen-bond acceptors (Lipinski definition) is 8. The molecule has 178 valence electrons. The molecule has 13 heteroatoms. The van der Waals surface area contributed by atoms with Gasteiger partial charge in [0.2, 0.25) is 10.0 Å². The third kappa shape index (κ3) is 4.71. The molecule has 0 bridgehead atoms. The summed E-state index contributed by atoms with van der Waals surface area (Å²) in [6, 6.07) is 6.20. The number of nitrogen functional groups attached to an aromatic ring is 1. The van der Waals surface area contributed by atoms with Crippen LogP contribution in [0.25, 0.3) is 11.3 Å². The second kappa shape index (κ2) is 9.37. The van der Waals surface area contributed by atoms with Crippen LogP contribution in [0.5, 0.6) is 0 Å². The van der Waals surface area contributed by atoms with Crippen LogP contribution in [0.2, 0.25) is 0 Å². The Hall–Kier alpha value is -3.55. The van der Waals surface area contributed by atoms with Gasteiger partial charge in [0.1, 0.15) is 22.3 Å². The summed E-state index contributed by atoms with van der Waals surface area (Å²) in [6.07, 6.45) is 2.54. The number of nitrogens with zero attached hydrogens (tertiary/aromatic N) is 5. The van der Waals surface area contributed by atoms with E-state index in [9.17, 15) is 22.0 Å². The van der Waals surface area contributed by atoms with Crippen LogP contribution in [0.4, 0.5) is 20.4 Å². The fourth-order valence-corrected chi connectivity index (χ4v) is 4.88. The lowest BCUT2D eigenvalue weighted by Gasteiger charge is -2.31. The third-order valence-corrected chi connectivity index (χ3v) is 7.21. The number of likely N-dealkylation sites (N-methyl/N-ethyl adjacent to an activating group) is 1. The molecule has 0 saturated carbocycles. The van der Waals surface area contributed by atoms with Crippen LogP contribution < -0.4 is 11.1 Å². The number of amides is 1. The smallest absolute Gasteiger partial charge is 0.279 e. The van der Waals surface area contributed by atoms with Crippen molar-refractivity contribution in [2.24, 2.45) is 0 Å². The normalized spacial score (nSPS) is 15.3. The van der Waals surface area contributed by atoms with Gasteiger partial charge in [0.15, 0.2) is 11.5 Å². The van der Waals surface area contributed by atoms with Crippen molar-refractivity contribution in [3.8, 4) is 11.3 Å². The van der Waals surface area contributed by atoms with E-state index in [0.717, 1.165) is 16.6 Å². The van der Waals surface area contributed by atoms with Gasteiger partial charge in [0, 0.05) is 37.9 Å². The predicted molar refractivity (Wildman–Crippen MR) is 120 cm³/mol. The minimum absolute atomic E-state index is 0.166. The van der Waals surface area contributed by atoms with Crippen LogP contribution in [0.1, 0.15) is 10.5 Å². The maximum absolute atomic E-state index is 15.0. The fraction of sp³-hybridized carbons (Fsp3) is 0.238. The number of pyridine rings is 1. The molecule has 3 N–H and O–H groups in total. The van der Waals surface area contributed by atoms with E-state index in [-0.39, 0.29) is 41.7 Å². The molecule has 2 aromatic heterocycles. The highest BCUT2D eigenvalue weighted by molar-refractivity contribution is 7.89. The number of aromatic nitrogens is 3. The number of rotatable bonds is 5. The number of carbonyl (C=O) groups is 1. The molecule has 3 aromatic rings. The average molecular weight is 490 g/mol. The van der Waals surface area contributed by atoms with E-state index in [1.54, 1.807) is 18.2 Å². The van der Waals surface area contributed by atoms with E-state index in [1.165, 1.54) is 6.20 Å². The summed E-state index contributed by atoms with van der Waals surface area (Å²) < 4.78 is 56.8. The molecular formula is C21H21F2N7O3S. The third-order valence-electron chi connectivity index (χ3n) is 5.30. The molecule has 3 heterocycles. The lowest BCUT2D eigenvalue weighted by atomic mass is 10.1. The molecule has 0 radical (unpaired) electrons. The summed E-state index contributed by atoms with van der Waals surface area (Å²) in [7, 11) is -2.39. The van der Waals surface area contributed by atoms with Crippen molar-refractivity contribution in [3.05, 3.63) is 60.1 Å². The number of benzene rings is 1. The van der Waals surface area contributed by atoms with Crippen LogP contribution >= 0.6 is 0 Å². The lowest BCUT2D eigenvalue weighted by molar-refractivity contribution is 0.102. The van der Waals surface area contributed by atoms with E-state index in [4.69, 9.17) is 5.73 Å². The van der Waals surface area contributed by atoms with Crippen LogP contribution in [-0.2, 0) is 10.0 Å². The van der Waals surface area contributed by atoms with Crippen molar-refractivity contribution in [3.63, 3.8) is 0 Å². The predicted octanol–water partition coefficient (Wildman–Crippen LogP) is 1.59. The van der Waals surface area contributed by atoms with Crippen LogP contribution in [-0.4, -0.2) is 71.7 Å². The van der Waals surface area contributed by atoms with Crippen molar-refractivity contribution in [2.75, 3.05) is 44.3 Å². The number of nitrogens with two attached hydrogens (primary N) is 1. The van der Waals surface area contributed by atoms with Crippen LogP contribution in [0, 0.1) is 11.6 Å². The number of anilines is 2. The second-order valence-corrected chi connectivity index (χ2v) is 9.53. The Morgan fingerprint density at radius 3 is 2.50 bits per heavy atom. The quantitative estimate of drug-likeness (QED) is 0.552. The number of piperazine rings is 1. The first kappa shape index (κ1) is 23.6. The Bertz CT molecular complexity index is 1330. The Morgan fingerprint density at radius 1 is 1.09 bits per heavy atom. The van der Waals surface area contributed by atoms with Crippen molar-refractivity contribution in [1.29, 1.82) is 0 Å². The number of sulfonamides is 1. The average Bonchev–Trinajstić information content (AvgIpc) is 2.81. The zero-order chi connectivity index (χ0) is 24.5. The van der Waals surface area contributed by atoms with Crippen molar-refractivity contribution in [1.82, 2.24) is 24.2 Å². The molecule has 0 spiro atoms. The number of nitrogens with one attached hydrogen (secondary N) is 1. The van der Waals surface area contributed by atoms with Gasteiger partial charge in [-0.25, -0.2) is 32.2 Å². The minimum atomic E-state index is -4.24. The number of carbonyl (C=O) groups excluding carboxylic acids is 1. The van der Waals surface area contributed by atoms with Gasteiger partial charge >= 0.3 is 0 Å². The second-order valence-electron chi connectivity index (χ2n) is 7.63. The SMILES string of the molecule is CN1CCN(S(=O)(=O)c2cc(F)c(-c3cnc(N)c(C(=O)Nc4ccccn4)n3)cc2F)CC1. The van der Waals surface area contributed by atoms with Crippen LogP contribution in [0.3, 0.4) is 0 Å². The maximum atomic E-state index is 15.0. The first-order chi connectivity index (χ1) is 16.2. The largest absolute Gasteiger partial charge is 0.382 e. The highest BCUT2D eigenvalue weighted by atomic mass is 32.2. The summed E-state index contributed by atoms with van der Waals surface area (Å²) in [5.41, 5.74) is 4.87. The van der Waals surface area contributed by atoms with E-state index in [1.807, 2.05) is 11.9 Å². The molecule has 1 aliphatic rings. The summed E-state index contributed by atoms with van der Waals surface area (Å²) in [6.45, 7) is 1.29. The molecule has 10 nitrogen and oxygen atoms in total. The Balaban J connectivity index is 1.66. The molecule has 0 atom stereocenters. The van der Waals surface area contributed by atoms with Gasteiger partial charge in [0.05, 0.1) is 11.9 Å². The Kier molecular flexibility index (Phi) is 6.50. The van der Waals surface area contributed by atoms with E-state index in [2.05, 4.69) is 20.3 Å². The molecular weight excluding hydrogens is 468 g/mol. The standard InChI is InChI=1S/C21H21F2N7O3S/c1-29-6-8-30(9-7-29)34(32,33)17-11-14(22)13(10-15(17)23)16-12-26-20(24)19(27-16)21(31)28-18-4-2-3-5-25-18/h2-5,10-12H,6-9H2,1H3,(H2,24,26)(H,25,28,31). The first-order valence-electron chi connectivity index (χ1n) is 10.2. The highest BCUT2D eigenvalue weighted by Gasteiger charge is 2.31. The highest BCUT2D eigenvalue weighted by Crippen LogP contribution is 2.29. The molecule has 1 fully saturated rings. The summed E-state index contributed by atoms with van der Waals surface area (Å²) in [4.78, 5) is 25.6. The van der Waals surface area contributed by atoms with Gasteiger partial charge in [-0.1, -0.05) is 6.07 Å². The lowest BCUT2D eigenvalue weighted by Crippen LogP contribution is -2.47. The molecule has 4 rings (SSSR count). The molecule has 1 aromatic carbocycles. The topological polar surface area (TPSA) is 134 Å². The van der Waals surface area contributed by atoms with Crippen molar-refractivity contribution < 1.29 is 22.0 Å². The van der Waals surface area contributed by atoms with Gasteiger partial charge in [-0.05, 0) is 31.3 Å². The molecule has 0 aliphatic carbocycles. The molecule has 0 unspecified atom stereocenters. The van der Waals surface area contributed by atoms with Gasteiger partial charge in [0.25, 0.3) is 5.91 Å². The Morgan fingerprint density at radius 2 is 1.82 bits per heavy atom. The molecule has 34 heavy (non-hydrogen) atoms. The summed E-state index contributed by atoms with van der Waals surface area (Å²) >= 11 is 0. The number of halogens is 2. The fourth-order valence-electron chi connectivity index (χ4n) is 3.40.